The average Bonchev–Trinajstić information content (AvgIpc) is 2.91. The fourth-order valence-corrected chi connectivity index (χ4v) is 1.25. The van der Waals surface area contributed by atoms with Crippen molar-refractivity contribution in [2.45, 2.75) is 6.54 Å². The van der Waals surface area contributed by atoms with Crippen LogP contribution in [0.5, 0.6) is 0 Å². The van der Waals surface area contributed by atoms with Crippen LogP contribution in [0.25, 0.3) is 0 Å². The van der Waals surface area contributed by atoms with Crippen molar-refractivity contribution in [2.75, 3.05) is 13.1 Å². The third kappa shape index (κ3) is 2.53. The maximum Gasteiger partial charge on any atom is 0.325 e. The summed E-state index contributed by atoms with van der Waals surface area (Å²) in [4.78, 5) is 34.6. The first-order valence-electron chi connectivity index (χ1n) is 4.74. The molecule has 17 heavy (non-hydrogen) atoms. The van der Waals surface area contributed by atoms with Crippen LogP contribution in [0.3, 0.4) is 0 Å². The van der Waals surface area contributed by atoms with Gasteiger partial charge in [-0.15, -0.1) is 10.2 Å². The first-order chi connectivity index (χ1) is 8.16. The summed E-state index contributed by atoms with van der Waals surface area (Å²) >= 11 is 0. The monoisotopic (exact) mass is 239 g/mol. The smallest absolute Gasteiger partial charge is 0.325 e. The van der Waals surface area contributed by atoms with Crippen molar-refractivity contribution in [3.8, 4) is 0 Å². The Balaban J connectivity index is 1.81. The molecular weight excluding hydrogens is 230 g/mol. The van der Waals surface area contributed by atoms with Gasteiger partial charge in [-0.2, -0.15) is 5.21 Å². The van der Waals surface area contributed by atoms with E-state index in [0.717, 1.165) is 4.90 Å². The Morgan fingerprint density at radius 1 is 1.47 bits per heavy atom. The van der Waals surface area contributed by atoms with Crippen LogP contribution in [0.1, 0.15) is 5.82 Å². The molecule has 2 heterocycles. The topological polar surface area (TPSA) is 133 Å². The number of hydrogen-bond acceptors (Lipinski definition) is 6. The Bertz CT molecular complexity index is 426. The maximum atomic E-state index is 11.4. The molecule has 0 unspecified atom stereocenters. The molecule has 0 spiro atoms. The summed E-state index contributed by atoms with van der Waals surface area (Å²) in [5.41, 5.74) is 0. The minimum atomic E-state index is -0.565. The van der Waals surface area contributed by atoms with E-state index < -0.39 is 17.8 Å². The molecule has 1 aromatic rings. The second-order valence-corrected chi connectivity index (χ2v) is 3.24. The summed E-state index contributed by atoms with van der Waals surface area (Å²) in [6.45, 7) is -0.307. The highest BCUT2D eigenvalue weighted by atomic mass is 16.2. The fraction of sp³-hybridized carbons (Fsp3) is 0.429. The normalized spacial score (nSPS) is 14.9. The Kier molecular flexibility index (Phi) is 2.94. The molecule has 2 rings (SSSR count). The molecule has 1 aliphatic heterocycles. The second-order valence-electron chi connectivity index (χ2n) is 3.24. The van der Waals surface area contributed by atoms with E-state index in [9.17, 15) is 14.4 Å². The fourth-order valence-electron chi connectivity index (χ4n) is 1.25. The van der Waals surface area contributed by atoms with Gasteiger partial charge in [0, 0.05) is 0 Å². The number of urea groups is 1. The SMILES string of the molecule is O=C(CN1C(=O)CNC1=O)NCc1nn[nH]n1. The lowest BCUT2D eigenvalue weighted by Gasteiger charge is -2.11. The van der Waals surface area contributed by atoms with Crippen LogP contribution in [-0.2, 0) is 16.1 Å². The molecule has 10 heteroatoms. The van der Waals surface area contributed by atoms with Gasteiger partial charge in [0.2, 0.25) is 5.91 Å². The van der Waals surface area contributed by atoms with E-state index in [0.29, 0.717) is 5.82 Å². The maximum absolute atomic E-state index is 11.4. The van der Waals surface area contributed by atoms with E-state index in [2.05, 4.69) is 31.3 Å². The van der Waals surface area contributed by atoms with Gasteiger partial charge in [-0.05, 0) is 0 Å². The van der Waals surface area contributed by atoms with E-state index in [4.69, 9.17) is 0 Å². The number of H-pyrrole nitrogens is 1. The number of aromatic nitrogens is 4. The number of amides is 4. The molecule has 0 aliphatic carbocycles. The summed E-state index contributed by atoms with van der Waals surface area (Å²) in [5.74, 6) is -0.583. The standard InChI is InChI=1S/C7H9N7O3/c15-5(8-1-4-10-12-13-11-4)3-14-6(16)2-9-7(14)17/h1-3H2,(H,8,15)(H,9,17)(H,10,11,12,13). The number of aromatic amines is 1. The number of imide groups is 1. The number of hydrogen-bond donors (Lipinski definition) is 3. The van der Waals surface area contributed by atoms with Gasteiger partial charge in [-0.25, -0.2) is 4.79 Å². The van der Waals surface area contributed by atoms with Crippen LogP contribution in [0.2, 0.25) is 0 Å². The van der Waals surface area contributed by atoms with Crippen molar-refractivity contribution in [1.29, 1.82) is 0 Å². The highest BCUT2D eigenvalue weighted by Gasteiger charge is 2.29. The van der Waals surface area contributed by atoms with Crippen LogP contribution in [0.4, 0.5) is 4.79 Å². The molecule has 1 fully saturated rings. The van der Waals surface area contributed by atoms with Crippen molar-refractivity contribution < 1.29 is 14.4 Å². The number of rotatable bonds is 4. The number of tetrazole rings is 1. The van der Waals surface area contributed by atoms with Crippen LogP contribution in [0.15, 0.2) is 0 Å². The Morgan fingerprint density at radius 2 is 2.29 bits per heavy atom. The Labute approximate surface area is 94.7 Å². The minimum Gasteiger partial charge on any atom is -0.347 e. The van der Waals surface area contributed by atoms with Crippen molar-refractivity contribution in [3.05, 3.63) is 5.82 Å². The number of carbonyl (C=O) groups excluding carboxylic acids is 3. The van der Waals surface area contributed by atoms with Gasteiger partial charge in [0.25, 0.3) is 5.91 Å². The zero-order valence-electron chi connectivity index (χ0n) is 8.63. The lowest BCUT2D eigenvalue weighted by atomic mass is 10.4. The van der Waals surface area contributed by atoms with Gasteiger partial charge in [-0.1, -0.05) is 5.21 Å². The first kappa shape index (κ1) is 11.0. The quantitative estimate of drug-likeness (QED) is 0.492. The molecule has 4 amide bonds. The molecule has 0 saturated carbocycles. The minimum absolute atomic E-state index is 0.0725. The zero-order valence-corrected chi connectivity index (χ0v) is 8.63. The molecule has 0 bridgehead atoms. The average molecular weight is 239 g/mol. The van der Waals surface area contributed by atoms with Crippen LogP contribution in [0, 0.1) is 0 Å². The Morgan fingerprint density at radius 3 is 2.88 bits per heavy atom. The highest BCUT2D eigenvalue weighted by Crippen LogP contribution is 1.97. The number of carbonyl (C=O) groups is 3. The van der Waals surface area contributed by atoms with Crippen molar-refractivity contribution >= 4 is 17.8 Å². The first-order valence-corrected chi connectivity index (χ1v) is 4.74. The van der Waals surface area contributed by atoms with Gasteiger partial charge < -0.3 is 10.6 Å². The third-order valence-electron chi connectivity index (χ3n) is 2.07. The van der Waals surface area contributed by atoms with E-state index in [1.54, 1.807) is 0 Å². The molecule has 0 aromatic carbocycles. The highest BCUT2D eigenvalue weighted by molar-refractivity contribution is 6.04. The van der Waals surface area contributed by atoms with Gasteiger partial charge in [0.05, 0.1) is 13.1 Å². The van der Waals surface area contributed by atoms with Crippen molar-refractivity contribution in [3.63, 3.8) is 0 Å². The third-order valence-corrected chi connectivity index (χ3v) is 2.07. The summed E-state index contributed by atoms with van der Waals surface area (Å²) in [5, 5.41) is 17.6. The molecule has 1 aromatic heterocycles. The van der Waals surface area contributed by atoms with E-state index in [1.165, 1.54) is 0 Å². The van der Waals surface area contributed by atoms with Crippen LogP contribution < -0.4 is 10.6 Å². The Hall–Kier alpha value is -2.52. The number of nitrogens with one attached hydrogen (secondary N) is 3. The lowest BCUT2D eigenvalue weighted by Crippen LogP contribution is -2.40. The molecule has 10 nitrogen and oxygen atoms in total. The molecule has 3 N–H and O–H groups in total. The van der Waals surface area contributed by atoms with Crippen LogP contribution >= 0.6 is 0 Å². The van der Waals surface area contributed by atoms with Crippen molar-refractivity contribution in [2.24, 2.45) is 0 Å². The zero-order chi connectivity index (χ0) is 12.3. The van der Waals surface area contributed by atoms with Gasteiger partial charge in [-0.3, -0.25) is 14.5 Å². The van der Waals surface area contributed by atoms with E-state index in [-0.39, 0.29) is 19.6 Å². The lowest BCUT2D eigenvalue weighted by molar-refractivity contribution is -0.130. The second kappa shape index (κ2) is 4.55. The molecule has 0 atom stereocenters. The molecule has 1 saturated heterocycles. The summed E-state index contributed by atoms with van der Waals surface area (Å²) < 4.78 is 0. The van der Waals surface area contributed by atoms with E-state index >= 15 is 0 Å². The van der Waals surface area contributed by atoms with Crippen LogP contribution in [-0.4, -0.2) is 56.5 Å². The van der Waals surface area contributed by atoms with E-state index in [1.807, 2.05) is 0 Å². The number of nitrogens with zero attached hydrogens (tertiary/aromatic N) is 4. The van der Waals surface area contributed by atoms with Gasteiger partial charge in [0.1, 0.15) is 6.54 Å². The predicted octanol–water partition coefficient (Wildman–Crippen LogP) is -2.63. The largest absolute Gasteiger partial charge is 0.347 e. The van der Waals surface area contributed by atoms with Gasteiger partial charge >= 0.3 is 6.03 Å². The van der Waals surface area contributed by atoms with Crippen molar-refractivity contribution in [1.82, 2.24) is 36.2 Å². The predicted molar refractivity (Wildman–Crippen MR) is 51.1 cm³/mol. The summed E-state index contributed by atoms with van der Waals surface area (Å²) in [6.07, 6.45) is 0. The molecule has 0 radical (unpaired) electrons. The summed E-state index contributed by atoms with van der Waals surface area (Å²) in [7, 11) is 0. The molecule has 90 valence electrons. The summed E-state index contributed by atoms with van der Waals surface area (Å²) in [6, 6.07) is -0.565. The molecular formula is C7H9N7O3. The molecule has 1 aliphatic rings. The van der Waals surface area contributed by atoms with Gasteiger partial charge in [0.15, 0.2) is 5.82 Å².